The highest BCUT2D eigenvalue weighted by Crippen LogP contribution is 2.24. The number of amides is 2. The maximum Gasteiger partial charge on any atom is 0.322 e. The average Bonchev–Trinajstić information content (AvgIpc) is 2.56. The Morgan fingerprint density at radius 1 is 1.29 bits per heavy atom. The number of hydrogen-bond donors (Lipinski definition) is 1. The van der Waals surface area contributed by atoms with Gasteiger partial charge in [0.1, 0.15) is 0 Å². The molecule has 0 saturated heterocycles. The van der Waals surface area contributed by atoms with E-state index in [4.69, 9.17) is 0 Å². The lowest BCUT2D eigenvalue weighted by atomic mass is 9.92. The Morgan fingerprint density at radius 2 is 1.96 bits per heavy atom. The fourth-order valence-electron chi connectivity index (χ4n) is 3.18. The van der Waals surface area contributed by atoms with E-state index in [1.54, 1.807) is 11.8 Å². The smallest absolute Gasteiger partial charge is 0.322 e. The van der Waals surface area contributed by atoms with Gasteiger partial charge in [0.25, 0.3) is 0 Å². The van der Waals surface area contributed by atoms with Crippen LogP contribution in [0.4, 0.5) is 4.79 Å². The highest BCUT2D eigenvalue weighted by atomic mass is 16.2. The van der Waals surface area contributed by atoms with Crippen LogP contribution in [0, 0.1) is 5.92 Å². The van der Waals surface area contributed by atoms with Crippen molar-refractivity contribution in [1.29, 1.82) is 0 Å². The van der Waals surface area contributed by atoms with Crippen molar-refractivity contribution in [2.45, 2.75) is 53.0 Å². The molecule has 0 bridgehead atoms. The molecule has 1 aliphatic rings. The van der Waals surface area contributed by atoms with Gasteiger partial charge in [-0.15, -0.1) is 0 Å². The number of allylic oxidation sites excluding steroid dienone is 1. The monoisotopic (exact) mass is 328 g/mol. The molecular formula is C20H28N2O2. The number of nitrogens with one attached hydrogen (secondary N) is 1. The lowest BCUT2D eigenvalue weighted by Crippen LogP contribution is -2.52. The highest BCUT2D eigenvalue weighted by Gasteiger charge is 2.33. The Labute approximate surface area is 144 Å². The van der Waals surface area contributed by atoms with Crippen molar-refractivity contribution in [1.82, 2.24) is 10.2 Å². The number of ketones is 1. The summed E-state index contributed by atoms with van der Waals surface area (Å²) in [7, 11) is 0. The number of aryl methyl sites for hydroxylation is 1. The Kier molecular flexibility index (Phi) is 6.18. The number of nitrogens with zero attached hydrogens (tertiary/aromatic N) is 1. The molecule has 4 heteroatoms. The van der Waals surface area contributed by atoms with Gasteiger partial charge in [0.15, 0.2) is 5.78 Å². The Bertz CT molecular complexity index is 622. The fourth-order valence-corrected chi connectivity index (χ4v) is 3.18. The van der Waals surface area contributed by atoms with E-state index in [1.807, 2.05) is 25.1 Å². The van der Waals surface area contributed by atoms with Crippen molar-refractivity contribution in [3.63, 3.8) is 0 Å². The zero-order valence-electron chi connectivity index (χ0n) is 15.1. The summed E-state index contributed by atoms with van der Waals surface area (Å²) in [5, 5.41) is 3.04. The van der Waals surface area contributed by atoms with Crippen molar-refractivity contribution in [3.8, 4) is 0 Å². The normalized spacial score (nSPS) is 19.2. The lowest BCUT2D eigenvalue weighted by Gasteiger charge is -2.36. The summed E-state index contributed by atoms with van der Waals surface area (Å²) >= 11 is 0. The first kappa shape index (κ1) is 18.2. The summed E-state index contributed by atoms with van der Waals surface area (Å²) in [5.41, 5.74) is 2.77. The van der Waals surface area contributed by atoms with E-state index >= 15 is 0 Å². The molecule has 1 aromatic rings. The topological polar surface area (TPSA) is 49.4 Å². The Hall–Kier alpha value is -2.10. The van der Waals surface area contributed by atoms with E-state index in [0.29, 0.717) is 12.5 Å². The minimum absolute atomic E-state index is 0.0414. The van der Waals surface area contributed by atoms with Crippen LogP contribution >= 0.6 is 0 Å². The number of benzene rings is 1. The summed E-state index contributed by atoms with van der Waals surface area (Å²) in [6, 6.07) is 9.86. The van der Waals surface area contributed by atoms with Crippen LogP contribution in [0.1, 0.15) is 46.1 Å². The lowest BCUT2D eigenvalue weighted by molar-refractivity contribution is -0.114. The van der Waals surface area contributed by atoms with Crippen molar-refractivity contribution < 1.29 is 9.59 Å². The van der Waals surface area contributed by atoms with Crippen LogP contribution in [0.15, 0.2) is 41.6 Å². The van der Waals surface area contributed by atoms with E-state index in [2.05, 4.69) is 31.3 Å². The van der Waals surface area contributed by atoms with Crippen molar-refractivity contribution in [2.75, 3.05) is 6.54 Å². The van der Waals surface area contributed by atoms with Gasteiger partial charge in [-0.05, 0) is 38.2 Å². The van der Waals surface area contributed by atoms with E-state index in [0.717, 1.165) is 30.5 Å². The predicted molar refractivity (Wildman–Crippen MR) is 96.6 cm³/mol. The molecule has 4 nitrogen and oxygen atoms in total. The first-order valence-corrected chi connectivity index (χ1v) is 8.77. The fraction of sp³-hybridized carbons (Fsp3) is 0.500. The summed E-state index contributed by atoms with van der Waals surface area (Å²) in [6.45, 7) is 8.37. The molecule has 1 heterocycles. The van der Waals surface area contributed by atoms with Crippen LogP contribution in [0.3, 0.4) is 0 Å². The standard InChI is InChI=1S/C20H28N2O2/c1-5-14(2)13-22-15(3)19(16(4)23)18(21-20(22)24)12-11-17-9-7-6-8-10-17/h6-10,14,18H,5,11-13H2,1-4H3,(H,21,24)/t14-,18+/m1/s1. The highest BCUT2D eigenvalue weighted by molar-refractivity contribution is 5.98. The molecule has 2 atom stereocenters. The van der Waals surface area contributed by atoms with Crippen LogP contribution in [0.2, 0.25) is 0 Å². The number of urea groups is 1. The summed E-state index contributed by atoms with van der Waals surface area (Å²) in [5.74, 6) is 0.444. The first-order chi connectivity index (χ1) is 11.4. The van der Waals surface area contributed by atoms with Gasteiger partial charge in [-0.25, -0.2) is 4.79 Å². The molecule has 0 unspecified atom stereocenters. The number of hydrogen-bond acceptors (Lipinski definition) is 2. The third-order valence-corrected chi connectivity index (χ3v) is 4.82. The summed E-state index contributed by atoms with van der Waals surface area (Å²) < 4.78 is 0. The quantitative estimate of drug-likeness (QED) is 0.824. The second-order valence-electron chi connectivity index (χ2n) is 6.71. The zero-order valence-corrected chi connectivity index (χ0v) is 15.1. The Morgan fingerprint density at radius 3 is 2.54 bits per heavy atom. The van der Waals surface area contributed by atoms with Crippen molar-refractivity contribution in [2.24, 2.45) is 5.92 Å². The molecule has 1 N–H and O–H groups in total. The third kappa shape index (κ3) is 4.25. The van der Waals surface area contributed by atoms with E-state index in [1.165, 1.54) is 5.56 Å². The molecule has 0 fully saturated rings. The molecule has 0 saturated carbocycles. The first-order valence-electron chi connectivity index (χ1n) is 8.77. The van der Waals surface area contributed by atoms with Gasteiger partial charge < -0.3 is 5.32 Å². The van der Waals surface area contributed by atoms with Gasteiger partial charge in [0.2, 0.25) is 0 Å². The molecule has 1 aromatic carbocycles. The Balaban J connectivity index is 2.19. The molecule has 0 spiro atoms. The number of carbonyl (C=O) groups excluding carboxylic acids is 2. The molecule has 2 rings (SSSR count). The minimum Gasteiger partial charge on any atom is -0.331 e. The van der Waals surface area contributed by atoms with Crippen LogP contribution in [0.5, 0.6) is 0 Å². The number of rotatable bonds is 7. The van der Waals surface area contributed by atoms with E-state index in [9.17, 15) is 9.59 Å². The summed E-state index contributed by atoms with van der Waals surface area (Å²) in [6.07, 6.45) is 2.57. The van der Waals surface area contributed by atoms with Gasteiger partial charge in [0.05, 0.1) is 6.04 Å². The maximum atomic E-state index is 12.5. The molecule has 2 amide bonds. The van der Waals surface area contributed by atoms with Gasteiger partial charge in [-0.3, -0.25) is 9.69 Å². The predicted octanol–water partition coefficient (Wildman–Crippen LogP) is 3.92. The minimum atomic E-state index is -0.205. The molecule has 130 valence electrons. The molecule has 0 radical (unpaired) electrons. The van der Waals surface area contributed by atoms with E-state index < -0.39 is 0 Å². The second-order valence-corrected chi connectivity index (χ2v) is 6.71. The van der Waals surface area contributed by atoms with Crippen LogP contribution in [0.25, 0.3) is 0 Å². The molecule has 1 aliphatic heterocycles. The molecular weight excluding hydrogens is 300 g/mol. The summed E-state index contributed by atoms with van der Waals surface area (Å²) in [4.78, 5) is 26.4. The van der Waals surface area contributed by atoms with Crippen molar-refractivity contribution >= 4 is 11.8 Å². The van der Waals surface area contributed by atoms with Gasteiger partial charge in [-0.1, -0.05) is 50.6 Å². The van der Waals surface area contributed by atoms with Crippen LogP contribution in [-0.4, -0.2) is 29.3 Å². The number of carbonyl (C=O) groups is 2. The van der Waals surface area contributed by atoms with Gasteiger partial charge >= 0.3 is 6.03 Å². The van der Waals surface area contributed by atoms with Gasteiger partial charge in [-0.2, -0.15) is 0 Å². The SMILES string of the molecule is CC[C@@H](C)CN1C(=O)N[C@@H](CCc2ccccc2)C(C(C)=O)=C1C. The maximum absolute atomic E-state index is 12.5. The van der Waals surface area contributed by atoms with Crippen LogP contribution < -0.4 is 5.32 Å². The van der Waals surface area contributed by atoms with Crippen molar-refractivity contribution in [3.05, 3.63) is 47.2 Å². The molecule has 0 aliphatic carbocycles. The average molecular weight is 328 g/mol. The molecule has 24 heavy (non-hydrogen) atoms. The largest absolute Gasteiger partial charge is 0.331 e. The van der Waals surface area contributed by atoms with Gasteiger partial charge in [0, 0.05) is 17.8 Å². The van der Waals surface area contributed by atoms with Crippen LogP contribution in [-0.2, 0) is 11.2 Å². The second kappa shape index (κ2) is 8.13. The third-order valence-electron chi connectivity index (χ3n) is 4.82. The van der Waals surface area contributed by atoms with E-state index in [-0.39, 0.29) is 17.9 Å². The molecule has 0 aromatic heterocycles. The number of Topliss-reactive ketones (excluding diaryl/α,β-unsaturated/α-hetero) is 1. The zero-order chi connectivity index (χ0) is 17.7.